The van der Waals surface area contributed by atoms with Gasteiger partial charge in [0.15, 0.2) is 0 Å². The van der Waals surface area contributed by atoms with Gasteiger partial charge in [-0.3, -0.25) is 0 Å². The molecule has 0 fully saturated rings. The van der Waals surface area contributed by atoms with Gasteiger partial charge in [-0.25, -0.2) is 13.4 Å². The highest BCUT2D eigenvalue weighted by atomic mass is 32.2. The number of rotatable bonds is 5. The van der Waals surface area contributed by atoms with Gasteiger partial charge >= 0.3 is 0 Å². The number of thiazole rings is 1. The molecule has 5 nitrogen and oxygen atoms in total. The van der Waals surface area contributed by atoms with E-state index >= 15 is 0 Å². The molecule has 2 rings (SSSR count). The lowest BCUT2D eigenvalue weighted by Crippen LogP contribution is -2.40. The van der Waals surface area contributed by atoms with Gasteiger partial charge in [0.25, 0.3) is 10.0 Å². The summed E-state index contributed by atoms with van der Waals surface area (Å²) in [5, 5.41) is 11.5. The lowest BCUT2D eigenvalue weighted by molar-refractivity contribution is 0.285. The van der Waals surface area contributed by atoms with Crippen molar-refractivity contribution in [3.63, 3.8) is 0 Å². The molecule has 8 heteroatoms. The molecule has 104 valence electrons. The van der Waals surface area contributed by atoms with E-state index in [-0.39, 0.29) is 10.8 Å². The first-order valence-electron chi connectivity index (χ1n) is 5.49. The van der Waals surface area contributed by atoms with Crippen LogP contribution in [0.5, 0.6) is 0 Å². The van der Waals surface area contributed by atoms with Crippen LogP contribution in [0.2, 0.25) is 0 Å². The molecule has 0 bridgehead atoms. The quantitative estimate of drug-likeness (QED) is 0.882. The molecule has 0 amide bonds. The van der Waals surface area contributed by atoms with Gasteiger partial charge < -0.3 is 5.11 Å². The summed E-state index contributed by atoms with van der Waals surface area (Å²) >= 11 is 2.46. The number of aromatic nitrogens is 1. The Hall–Kier alpha value is -0.800. The van der Waals surface area contributed by atoms with Gasteiger partial charge in [-0.05, 0) is 26.0 Å². The monoisotopic (exact) mass is 318 g/mol. The molecule has 0 radical (unpaired) electrons. The Morgan fingerprint density at radius 2 is 2.16 bits per heavy atom. The van der Waals surface area contributed by atoms with Crippen molar-refractivity contribution in [2.45, 2.75) is 30.2 Å². The Morgan fingerprint density at radius 3 is 2.68 bits per heavy atom. The van der Waals surface area contributed by atoms with Crippen molar-refractivity contribution >= 4 is 32.7 Å². The molecule has 2 heterocycles. The number of hydrogen-bond donors (Lipinski definition) is 2. The van der Waals surface area contributed by atoms with Gasteiger partial charge in [-0.15, -0.1) is 22.7 Å². The van der Waals surface area contributed by atoms with Gasteiger partial charge in [0, 0.05) is 16.5 Å². The smallest absolute Gasteiger partial charge is 0.250 e. The highest BCUT2D eigenvalue weighted by Gasteiger charge is 2.30. The number of nitrogens with one attached hydrogen (secondary N) is 1. The second-order valence-corrected chi connectivity index (χ2v) is 8.42. The number of thiophene rings is 1. The summed E-state index contributed by atoms with van der Waals surface area (Å²) in [6.45, 7) is 3.38. The lowest BCUT2D eigenvalue weighted by Gasteiger charge is -2.22. The van der Waals surface area contributed by atoms with Crippen LogP contribution < -0.4 is 4.72 Å². The molecule has 2 N–H and O–H groups in total. The van der Waals surface area contributed by atoms with Crippen LogP contribution in [-0.4, -0.2) is 18.5 Å². The molecule has 2 aromatic rings. The Bertz CT molecular complexity index is 645. The maximum Gasteiger partial charge on any atom is 0.250 e. The molecule has 0 unspecified atom stereocenters. The molecule has 0 aliphatic rings. The minimum Gasteiger partial charge on any atom is -0.391 e. The van der Waals surface area contributed by atoms with Gasteiger partial charge in [-0.1, -0.05) is 0 Å². The average molecular weight is 318 g/mol. The molecule has 0 aromatic carbocycles. The Kier molecular flexibility index (Phi) is 4.07. The van der Waals surface area contributed by atoms with E-state index in [1.807, 2.05) is 0 Å². The van der Waals surface area contributed by atoms with Crippen molar-refractivity contribution in [1.29, 1.82) is 0 Å². The molecule has 0 aliphatic carbocycles. The standard InChI is InChI=1S/C11H14N2O3S3/c1-11(2,10-12-5-6-17-10)13-19(15,16)9-4-3-8(7-14)18-9/h3-6,13-14H,7H2,1-2H3. The summed E-state index contributed by atoms with van der Waals surface area (Å²) in [4.78, 5) is 4.76. The largest absolute Gasteiger partial charge is 0.391 e. The zero-order valence-electron chi connectivity index (χ0n) is 10.5. The second kappa shape index (κ2) is 5.29. The summed E-state index contributed by atoms with van der Waals surface area (Å²) < 4.78 is 27.4. The first-order valence-corrected chi connectivity index (χ1v) is 8.66. The van der Waals surface area contributed by atoms with E-state index in [1.165, 1.54) is 17.4 Å². The van der Waals surface area contributed by atoms with Crippen LogP contribution in [0.4, 0.5) is 0 Å². The molecule has 0 atom stereocenters. The van der Waals surface area contributed by atoms with Crippen LogP contribution >= 0.6 is 22.7 Å². The van der Waals surface area contributed by atoms with E-state index in [0.29, 0.717) is 9.88 Å². The highest BCUT2D eigenvalue weighted by Crippen LogP contribution is 2.27. The minimum absolute atomic E-state index is 0.157. The SMILES string of the molecule is CC(C)(NS(=O)(=O)c1ccc(CO)s1)c1nccs1. The van der Waals surface area contributed by atoms with Gasteiger partial charge in [0.1, 0.15) is 9.22 Å². The number of aliphatic hydroxyl groups excluding tert-OH is 1. The molecule has 19 heavy (non-hydrogen) atoms. The third-order valence-electron chi connectivity index (χ3n) is 2.41. The Labute approximate surface area is 120 Å². The van der Waals surface area contributed by atoms with Crippen LogP contribution in [0, 0.1) is 0 Å². The number of hydrogen-bond acceptors (Lipinski definition) is 6. The van der Waals surface area contributed by atoms with E-state index in [1.54, 1.807) is 31.5 Å². The fraction of sp³-hybridized carbons (Fsp3) is 0.364. The predicted molar refractivity (Wildman–Crippen MR) is 75.7 cm³/mol. The Balaban J connectivity index is 2.26. The number of sulfonamides is 1. The molecule has 0 spiro atoms. The maximum atomic E-state index is 12.3. The molecular formula is C11H14N2O3S3. The fourth-order valence-corrected chi connectivity index (χ4v) is 4.93. The summed E-state index contributed by atoms with van der Waals surface area (Å²) in [5.41, 5.74) is -0.767. The average Bonchev–Trinajstić information content (AvgIpc) is 2.99. The summed E-state index contributed by atoms with van der Waals surface area (Å²) in [6, 6.07) is 3.10. The van der Waals surface area contributed by atoms with Gasteiger partial charge in [0.2, 0.25) is 0 Å². The van der Waals surface area contributed by atoms with Crippen molar-refractivity contribution in [2.75, 3.05) is 0 Å². The van der Waals surface area contributed by atoms with Crippen molar-refractivity contribution in [2.24, 2.45) is 0 Å². The Morgan fingerprint density at radius 1 is 1.42 bits per heavy atom. The first kappa shape index (κ1) is 14.6. The molecule has 2 aromatic heterocycles. The lowest BCUT2D eigenvalue weighted by atomic mass is 10.1. The second-order valence-electron chi connectivity index (χ2n) is 4.45. The number of nitrogens with zero attached hydrogens (tertiary/aromatic N) is 1. The van der Waals surface area contributed by atoms with Crippen molar-refractivity contribution < 1.29 is 13.5 Å². The highest BCUT2D eigenvalue weighted by molar-refractivity contribution is 7.91. The van der Waals surface area contributed by atoms with E-state index in [2.05, 4.69) is 9.71 Å². The third kappa shape index (κ3) is 3.21. The molecule has 0 saturated carbocycles. The van der Waals surface area contributed by atoms with Crippen LogP contribution in [0.15, 0.2) is 27.9 Å². The van der Waals surface area contributed by atoms with Crippen molar-refractivity contribution in [1.82, 2.24) is 9.71 Å². The van der Waals surface area contributed by atoms with Crippen LogP contribution in [0.1, 0.15) is 23.7 Å². The van der Waals surface area contributed by atoms with Crippen molar-refractivity contribution in [3.8, 4) is 0 Å². The predicted octanol–water partition coefficient (Wildman–Crippen LogP) is 1.91. The summed E-state index contributed by atoms with van der Waals surface area (Å²) in [5.74, 6) is 0. The van der Waals surface area contributed by atoms with Crippen LogP contribution in [0.25, 0.3) is 0 Å². The topological polar surface area (TPSA) is 79.3 Å². The molecule has 0 saturated heterocycles. The van der Waals surface area contributed by atoms with Crippen LogP contribution in [0.3, 0.4) is 0 Å². The normalized spacial score (nSPS) is 12.8. The summed E-state index contributed by atoms with van der Waals surface area (Å²) in [6.07, 6.45) is 1.64. The van der Waals surface area contributed by atoms with E-state index in [0.717, 1.165) is 11.3 Å². The van der Waals surface area contributed by atoms with E-state index in [4.69, 9.17) is 5.11 Å². The van der Waals surface area contributed by atoms with Gasteiger partial charge in [0.05, 0.1) is 12.1 Å². The molecule has 0 aliphatic heterocycles. The fourth-order valence-electron chi connectivity index (χ4n) is 1.55. The zero-order chi connectivity index (χ0) is 14.1. The van der Waals surface area contributed by atoms with Crippen molar-refractivity contribution in [3.05, 3.63) is 33.6 Å². The first-order chi connectivity index (χ1) is 8.85. The maximum absolute atomic E-state index is 12.3. The van der Waals surface area contributed by atoms with Crippen LogP contribution in [-0.2, 0) is 22.2 Å². The molecular weight excluding hydrogens is 304 g/mol. The van der Waals surface area contributed by atoms with E-state index in [9.17, 15) is 8.42 Å². The summed E-state index contributed by atoms with van der Waals surface area (Å²) in [7, 11) is -3.61. The minimum atomic E-state index is -3.61. The number of aliphatic hydroxyl groups is 1. The van der Waals surface area contributed by atoms with E-state index < -0.39 is 15.6 Å². The van der Waals surface area contributed by atoms with Gasteiger partial charge in [-0.2, -0.15) is 4.72 Å². The zero-order valence-corrected chi connectivity index (χ0v) is 12.9. The third-order valence-corrected chi connectivity index (χ3v) is 6.73.